The van der Waals surface area contributed by atoms with E-state index in [-0.39, 0.29) is 115 Å². The third kappa shape index (κ3) is 29.1. The van der Waals surface area contributed by atoms with Gasteiger partial charge in [-0.1, -0.05) is 108 Å². The molecule has 9 rings (SSSR count). The molecule has 3 unspecified atom stereocenters. The van der Waals surface area contributed by atoms with Crippen molar-refractivity contribution in [3.8, 4) is 5.75 Å². The number of hydrogen-bond donors (Lipinski definition) is 20. The molecule has 6 heterocycles. The van der Waals surface area contributed by atoms with E-state index in [0.29, 0.717) is 69.9 Å². The molecule has 0 radical (unpaired) electrons. The standard InChI is InChI=1S/C92H128N24O19/c1-9-11-27-71-84(128)105-63(26-18-36-98-92(95)96)80(124)104-62(79(123)101-48-76(94)120)25-17-31-77(121)103-67(40-53-32-34-57(118)35-33-53)87(131)112(6)52(5)78(122)108-69(44-75(93)119)90(134)116-38-20-30-73(116)86(130)107-65(43-56-47-97-50-102-56)82(126)109-66(39-51(3)4)89(133)115-37-19-29-72(115)85(129)106-64(41-54-45-99-60-23-15-13-21-58(54)60)81(125)111-70(49-117)83(127)110-68(42-55-46-100-61-24-16-14-22-59(55)61)88(132)114(8)74(28-12-10-2)91(135)113(71)7/h13-17,21-24,31-35,45-47,50-52,62-74,99-100,117-118H,9-12,18-20,25-30,36-44,48-49H2,1-8H3,(H2,93,119)(H2,94,120)(H,97,102)(H,101,123)(H,103,121)(H,104,124)(H,105,128)(H,106,129)(H,107,130)(H,108,122)(H,109,126)(H,110,127)(H,111,125)(H4,95,96,98)/b31-17+/t52-,62-,63?,64-,65-,66-,67-,68?,69-,70-,71-,72?,73-,74-/m0/s1. The van der Waals surface area contributed by atoms with Crippen LogP contribution in [0.2, 0.25) is 0 Å². The normalized spacial score (nSPS) is 24.3. The summed E-state index contributed by atoms with van der Waals surface area (Å²) in [5.41, 5.74) is 19.9. The van der Waals surface area contributed by atoms with Crippen LogP contribution in [-0.2, 0) is 107 Å². The Bertz CT molecular complexity index is 5250. The summed E-state index contributed by atoms with van der Waals surface area (Å²) in [6, 6.07) is -1.58. The van der Waals surface area contributed by atoms with Crippen molar-refractivity contribution < 1.29 is 91.7 Å². The zero-order chi connectivity index (χ0) is 98.4. The lowest BCUT2D eigenvalue weighted by Gasteiger charge is -2.36. The van der Waals surface area contributed by atoms with Gasteiger partial charge in [-0.25, -0.2) is 4.98 Å². The molecular formula is C92H128N24O19. The first kappa shape index (κ1) is 104. The fourth-order valence-electron chi connectivity index (χ4n) is 16.9. The van der Waals surface area contributed by atoms with Crippen molar-refractivity contribution in [1.82, 2.24) is 103 Å². The molecule has 0 spiro atoms. The van der Waals surface area contributed by atoms with Crippen LogP contribution < -0.4 is 75.7 Å². The van der Waals surface area contributed by atoms with Crippen molar-refractivity contribution >= 4 is 128 Å². The second kappa shape index (κ2) is 50.0. The number of aromatic hydroxyl groups is 1. The molecule has 0 saturated carbocycles. The molecule has 23 N–H and O–H groups in total. The largest absolute Gasteiger partial charge is 0.508 e. The number of nitrogens with one attached hydrogen (secondary N) is 15. The predicted molar refractivity (Wildman–Crippen MR) is 495 cm³/mol. The van der Waals surface area contributed by atoms with Gasteiger partial charge in [-0.05, 0) is 124 Å². The molecule has 6 aromatic rings. The van der Waals surface area contributed by atoms with Crippen LogP contribution in [0.5, 0.6) is 5.75 Å². The number of likely N-dealkylation sites (N-methyl/N-ethyl adjacent to an activating group) is 3. The quantitative estimate of drug-likeness (QED) is 0.0164. The number of aromatic nitrogens is 4. The van der Waals surface area contributed by atoms with E-state index in [1.165, 1.54) is 69.8 Å². The average molecular weight is 1870 g/mol. The molecular weight excluding hydrogens is 1750 g/mol. The Kier molecular flexibility index (Phi) is 38.7. The lowest BCUT2D eigenvalue weighted by Crippen LogP contribution is -2.62. The zero-order valence-electron chi connectivity index (χ0n) is 77.3. The van der Waals surface area contributed by atoms with Gasteiger partial charge >= 0.3 is 0 Å². The number of hydrogen-bond acceptors (Lipinski definition) is 21. The number of nitrogens with two attached hydrogens (primary N) is 3. The van der Waals surface area contributed by atoms with Crippen molar-refractivity contribution in [1.29, 1.82) is 5.41 Å². The number of carbonyl (C=O) groups excluding carboxylic acids is 17. The molecule has 3 aliphatic rings. The number of benzene rings is 3. The maximum Gasteiger partial charge on any atom is 0.246 e. The van der Waals surface area contributed by atoms with E-state index in [1.807, 2.05) is 13.8 Å². The van der Waals surface area contributed by atoms with Crippen LogP contribution in [0.1, 0.15) is 153 Å². The van der Waals surface area contributed by atoms with E-state index in [0.717, 1.165) is 31.8 Å². The molecule has 3 aromatic heterocycles. The number of aromatic amines is 3. The first-order chi connectivity index (χ1) is 64.4. The maximum absolute atomic E-state index is 15.8. The Morgan fingerprint density at radius 2 is 1.02 bits per heavy atom. The van der Waals surface area contributed by atoms with Gasteiger partial charge in [0.2, 0.25) is 100 Å². The Balaban J connectivity index is 1.11. The molecule has 0 bridgehead atoms. The Morgan fingerprint density at radius 1 is 0.519 bits per heavy atom. The summed E-state index contributed by atoms with van der Waals surface area (Å²) in [6.07, 6.45) is 7.62. The molecule has 730 valence electrons. The molecule has 3 aromatic carbocycles. The van der Waals surface area contributed by atoms with Crippen LogP contribution in [-0.4, -0.2) is 300 Å². The van der Waals surface area contributed by atoms with Gasteiger partial charge in [0.1, 0.15) is 90.3 Å². The lowest BCUT2D eigenvalue weighted by molar-refractivity contribution is -0.149. The molecule has 2 saturated heterocycles. The number of nitrogens with zero attached hydrogens (tertiary/aromatic N) is 6. The van der Waals surface area contributed by atoms with Gasteiger partial charge in [-0.3, -0.25) is 86.9 Å². The first-order valence-electron chi connectivity index (χ1n) is 45.6. The third-order valence-corrected chi connectivity index (χ3v) is 24.4. The van der Waals surface area contributed by atoms with Gasteiger partial charge in [0, 0.05) is 113 Å². The number of guanidine groups is 1. The highest BCUT2D eigenvalue weighted by molar-refractivity contribution is 6.03. The number of para-hydroxylation sites is 2. The summed E-state index contributed by atoms with van der Waals surface area (Å²) in [5, 5.41) is 59.8. The molecule has 17 amide bonds. The number of primary amides is 2. The van der Waals surface area contributed by atoms with Crippen molar-refractivity contribution in [3.63, 3.8) is 0 Å². The number of carbonyl (C=O) groups is 17. The topological polar surface area (TPSA) is 641 Å². The minimum atomic E-state index is -1.85. The molecule has 135 heavy (non-hydrogen) atoms. The molecule has 3 aliphatic heterocycles. The van der Waals surface area contributed by atoms with Gasteiger partial charge in [-0.2, -0.15) is 0 Å². The van der Waals surface area contributed by atoms with E-state index < -0.39 is 217 Å². The number of H-pyrrole nitrogens is 3. The smallest absolute Gasteiger partial charge is 0.246 e. The van der Waals surface area contributed by atoms with Crippen LogP contribution in [0.25, 0.3) is 21.8 Å². The van der Waals surface area contributed by atoms with E-state index in [9.17, 15) is 53.4 Å². The Hall–Kier alpha value is -14.3. The fourth-order valence-corrected chi connectivity index (χ4v) is 16.9. The van der Waals surface area contributed by atoms with Crippen LogP contribution in [0.4, 0.5) is 0 Å². The minimum absolute atomic E-state index is 0.00177. The van der Waals surface area contributed by atoms with E-state index in [4.69, 9.17) is 22.6 Å². The van der Waals surface area contributed by atoms with Crippen molar-refractivity contribution in [2.75, 3.05) is 53.9 Å². The molecule has 43 heteroatoms. The highest BCUT2D eigenvalue weighted by Crippen LogP contribution is 2.28. The number of phenols is 1. The van der Waals surface area contributed by atoms with Crippen molar-refractivity contribution in [2.45, 2.75) is 241 Å². The number of amides is 17. The molecule has 0 aliphatic carbocycles. The summed E-state index contributed by atoms with van der Waals surface area (Å²) in [7, 11) is 3.91. The van der Waals surface area contributed by atoms with Crippen LogP contribution >= 0.6 is 0 Å². The summed E-state index contributed by atoms with van der Waals surface area (Å²) in [5.74, 6) is -16.6. The number of aliphatic hydroxyl groups excluding tert-OH is 1. The molecule has 2 fully saturated rings. The van der Waals surface area contributed by atoms with Crippen LogP contribution in [0.15, 0.2) is 110 Å². The summed E-state index contributed by atoms with van der Waals surface area (Å²) >= 11 is 0. The minimum Gasteiger partial charge on any atom is -0.508 e. The van der Waals surface area contributed by atoms with Crippen LogP contribution in [0, 0.1) is 11.3 Å². The Labute approximate surface area is 780 Å². The van der Waals surface area contributed by atoms with E-state index in [2.05, 4.69) is 78.4 Å². The number of aliphatic hydroxyl groups is 1. The third-order valence-electron chi connectivity index (χ3n) is 24.4. The lowest BCUT2D eigenvalue weighted by atomic mass is 10.00. The fraction of sp³-hybridized carbons (Fsp3) is 0.511. The van der Waals surface area contributed by atoms with E-state index >= 15 is 38.4 Å². The summed E-state index contributed by atoms with van der Waals surface area (Å²) in [4.78, 5) is 269. The molecule has 43 nitrogen and oxygen atoms in total. The number of imidazole rings is 1. The number of rotatable bonds is 26. The van der Waals surface area contributed by atoms with Gasteiger partial charge in [0.15, 0.2) is 5.96 Å². The van der Waals surface area contributed by atoms with Crippen molar-refractivity contribution in [3.05, 3.63) is 132 Å². The SMILES string of the molecule is CCCC[C@H]1C(=O)N(C)[C@@H](CCCC)C(=O)NC(CCCNC(=N)N)C(=O)N[C@H](C(=O)NCC(N)=O)C/C=C/C(=O)N[C@@H](Cc2ccc(O)cc2)C(=O)N(C)[C@@H](C)C(=O)N[C@@H](CC(N)=O)C(=O)N2CCC[C@H]2C(=O)N[C@@H](Cc2cnc[nH]2)C(=O)N[C@@H](CC(C)C)C(=O)N2CCCC2C(=O)N[C@@H](Cc2c[nH]c3ccccc23)C(=O)N[C@@H](CO)C(=O)NC(Cc2c[nH]c3ccccc23)C(=O)N1C. The number of unbranched alkanes of at least 4 members (excludes halogenated alkanes) is 2. The average Bonchev–Trinajstić information content (AvgIpc) is 1.75. The van der Waals surface area contributed by atoms with Gasteiger partial charge in [-0.15, -0.1) is 0 Å². The zero-order valence-corrected chi connectivity index (χ0v) is 77.3. The Morgan fingerprint density at radius 3 is 1.58 bits per heavy atom. The maximum atomic E-state index is 15.8. The first-order valence-corrected chi connectivity index (χ1v) is 45.6. The predicted octanol–water partition coefficient (Wildman–Crippen LogP) is -1.69. The highest BCUT2D eigenvalue weighted by atomic mass is 16.3. The van der Waals surface area contributed by atoms with Crippen LogP contribution in [0.3, 0.4) is 0 Å². The number of fused-ring (bicyclic) bond motifs is 4. The van der Waals surface area contributed by atoms with Crippen molar-refractivity contribution in [2.24, 2.45) is 23.1 Å². The second-order valence-electron chi connectivity index (χ2n) is 34.8. The summed E-state index contributed by atoms with van der Waals surface area (Å²) in [6.45, 7) is 6.60. The summed E-state index contributed by atoms with van der Waals surface area (Å²) < 4.78 is 0. The highest BCUT2D eigenvalue weighted by Gasteiger charge is 2.46. The molecule has 14 atom stereocenters. The van der Waals surface area contributed by atoms with Gasteiger partial charge in [0.25, 0.3) is 0 Å². The van der Waals surface area contributed by atoms with Gasteiger partial charge < -0.3 is 125 Å². The van der Waals surface area contributed by atoms with E-state index in [1.54, 1.807) is 74.8 Å². The second-order valence-corrected chi connectivity index (χ2v) is 34.8. The van der Waals surface area contributed by atoms with Gasteiger partial charge in [0.05, 0.1) is 25.9 Å². The monoisotopic (exact) mass is 1870 g/mol. The number of phenolic OH excluding ortho intramolecular Hbond substituents is 1.